The van der Waals surface area contributed by atoms with Gasteiger partial charge >= 0.3 is 23.9 Å². The molecule has 0 aliphatic carbocycles. The highest BCUT2D eigenvalue weighted by molar-refractivity contribution is 5.73. The maximum absolute atomic E-state index is 10.7. The van der Waals surface area contributed by atoms with Gasteiger partial charge < -0.3 is 20.4 Å². The van der Waals surface area contributed by atoms with E-state index in [0.29, 0.717) is 13.1 Å². The van der Waals surface area contributed by atoms with Crippen molar-refractivity contribution in [2.75, 3.05) is 39.3 Å². The van der Waals surface area contributed by atoms with E-state index in [1.54, 1.807) is 0 Å². The minimum Gasteiger partial charge on any atom is -0.480 e. The van der Waals surface area contributed by atoms with Gasteiger partial charge in [0, 0.05) is 0 Å². The Kier molecular flexibility index (Phi) is 16.3. The summed E-state index contributed by atoms with van der Waals surface area (Å²) in [5.41, 5.74) is 0. The lowest BCUT2D eigenvalue weighted by atomic mass is 10.1. The third-order valence-corrected chi connectivity index (χ3v) is 4.63. The summed E-state index contributed by atoms with van der Waals surface area (Å²) in [4.78, 5) is 45.8. The largest absolute Gasteiger partial charge is 0.480 e. The Bertz CT molecular complexity index is 449. The predicted octanol–water partition coefficient (Wildman–Crippen LogP) is 1.83. The van der Waals surface area contributed by atoms with E-state index in [1.165, 1.54) is 9.80 Å². The molecule has 30 heavy (non-hydrogen) atoms. The molecular weight excluding hydrogens is 396 g/mol. The van der Waals surface area contributed by atoms with Crippen molar-refractivity contribution < 1.29 is 39.6 Å². The van der Waals surface area contributed by atoms with Crippen molar-refractivity contribution >= 4 is 23.9 Å². The number of rotatable bonds is 21. The van der Waals surface area contributed by atoms with E-state index in [-0.39, 0.29) is 26.2 Å². The van der Waals surface area contributed by atoms with E-state index in [9.17, 15) is 19.2 Å². The van der Waals surface area contributed by atoms with Crippen LogP contribution in [0.15, 0.2) is 0 Å². The second-order valence-electron chi connectivity index (χ2n) is 7.53. The molecule has 10 nitrogen and oxygen atoms in total. The van der Waals surface area contributed by atoms with Gasteiger partial charge in [0.1, 0.15) is 0 Å². The van der Waals surface area contributed by atoms with Crippen molar-refractivity contribution in [1.82, 2.24) is 9.80 Å². The van der Waals surface area contributed by atoms with E-state index in [0.717, 1.165) is 64.2 Å². The molecular formula is C20H36N2O8. The topological polar surface area (TPSA) is 156 Å². The average Bonchev–Trinajstić information content (AvgIpc) is 2.60. The molecule has 0 rings (SSSR count). The second kappa shape index (κ2) is 17.6. The molecule has 0 unspecified atom stereocenters. The van der Waals surface area contributed by atoms with Gasteiger partial charge in [-0.15, -0.1) is 0 Å². The molecule has 10 heteroatoms. The van der Waals surface area contributed by atoms with Crippen LogP contribution in [0.4, 0.5) is 0 Å². The van der Waals surface area contributed by atoms with Gasteiger partial charge in [-0.1, -0.05) is 51.4 Å². The maximum atomic E-state index is 10.7. The van der Waals surface area contributed by atoms with Gasteiger partial charge in [-0.2, -0.15) is 0 Å². The quantitative estimate of drug-likeness (QED) is 0.197. The highest BCUT2D eigenvalue weighted by Gasteiger charge is 2.13. The molecule has 0 aliphatic heterocycles. The summed E-state index contributed by atoms with van der Waals surface area (Å²) in [5, 5.41) is 35.1. The Morgan fingerprint density at radius 1 is 0.400 bits per heavy atom. The van der Waals surface area contributed by atoms with Crippen LogP contribution in [-0.2, 0) is 19.2 Å². The van der Waals surface area contributed by atoms with Crippen LogP contribution >= 0.6 is 0 Å². The second-order valence-corrected chi connectivity index (χ2v) is 7.53. The lowest BCUT2D eigenvalue weighted by molar-refractivity contribution is -0.143. The summed E-state index contributed by atoms with van der Waals surface area (Å²) in [7, 11) is 0. The fourth-order valence-electron chi connectivity index (χ4n) is 3.28. The standard InChI is InChI=1S/C20H36N2O8/c23-17(24)13-21(14-18(25)26)11-9-7-5-3-1-2-4-6-8-10-12-22(15-19(27)28)16-20(29)30/h1-16H2,(H,23,24)(H,25,26)(H,27,28)(H,29,30). The normalized spacial score (nSPS) is 11.1. The van der Waals surface area contributed by atoms with Crippen molar-refractivity contribution in [1.29, 1.82) is 0 Å². The zero-order valence-electron chi connectivity index (χ0n) is 17.6. The lowest BCUT2D eigenvalue weighted by Gasteiger charge is -2.17. The molecule has 0 saturated carbocycles. The molecule has 0 aromatic heterocycles. The zero-order chi connectivity index (χ0) is 22.8. The Morgan fingerprint density at radius 3 is 0.800 bits per heavy atom. The molecule has 0 aliphatic rings. The number of aliphatic carboxylic acids is 4. The Hall–Kier alpha value is -2.20. The van der Waals surface area contributed by atoms with Gasteiger partial charge in [-0.25, -0.2) is 0 Å². The molecule has 0 fully saturated rings. The molecule has 0 spiro atoms. The van der Waals surface area contributed by atoms with Crippen LogP contribution in [-0.4, -0.2) is 93.4 Å². The molecule has 0 saturated heterocycles. The van der Waals surface area contributed by atoms with Crippen molar-refractivity contribution in [3.63, 3.8) is 0 Å². The minimum absolute atomic E-state index is 0.253. The third kappa shape index (κ3) is 19.1. The summed E-state index contributed by atoms with van der Waals surface area (Å²) in [5.74, 6) is -4.08. The number of unbranched alkanes of at least 4 members (excludes halogenated alkanes) is 9. The molecule has 0 aromatic carbocycles. The molecule has 0 bridgehead atoms. The van der Waals surface area contributed by atoms with Crippen LogP contribution in [0.3, 0.4) is 0 Å². The molecule has 0 amide bonds. The zero-order valence-corrected chi connectivity index (χ0v) is 17.6. The summed E-state index contributed by atoms with van der Waals surface area (Å²) < 4.78 is 0. The van der Waals surface area contributed by atoms with Crippen LogP contribution in [0.2, 0.25) is 0 Å². The van der Waals surface area contributed by atoms with Crippen molar-refractivity contribution in [2.45, 2.75) is 64.2 Å². The van der Waals surface area contributed by atoms with Gasteiger partial charge in [0.25, 0.3) is 0 Å². The highest BCUT2D eigenvalue weighted by Crippen LogP contribution is 2.11. The van der Waals surface area contributed by atoms with Crippen LogP contribution in [0.1, 0.15) is 64.2 Å². The first-order valence-electron chi connectivity index (χ1n) is 10.5. The predicted molar refractivity (Wildman–Crippen MR) is 110 cm³/mol. The van der Waals surface area contributed by atoms with Gasteiger partial charge in [0.05, 0.1) is 26.2 Å². The van der Waals surface area contributed by atoms with E-state index < -0.39 is 23.9 Å². The lowest BCUT2D eigenvalue weighted by Crippen LogP contribution is -2.35. The van der Waals surface area contributed by atoms with Crippen LogP contribution in [0.25, 0.3) is 0 Å². The smallest absolute Gasteiger partial charge is 0.317 e. The van der Waals surface area contributed by atoms with E-state index in [2.05, 4.69) is 0 Å². The monoisotopic (exact) mass is 432 g/mol. The molecule has 174 valence electrons. The van der Waals surface area contributed by atoms with Crippen LogP contribution in [0, 0.1) is 0 Å². The van der Waals surface area contributed by atoms with Gasteiger partial charge in [-0.3, -0.25) is 29.0 Å². The van der Waals surface area contributed by atoms with Crippen molar-refractivity contribution in [3.8, 4) is 0 Å². The minimum atomic E-state index is -1.02. The van der Waals surface area contributed by atoms with Crippen LogP contribution < -0.4 is 0 Å². The first-order chi connectivity index (χ1) is 14.2. The van der Waals surface area contributed by atoms with Crippen molar-refractivity contribution in [3.05, 3.63) is 0 Å². The van der Waals surface area contributed by atoms with E-state index in [4.69, 9.17) is 20.4 Å². The Labute approximate surface area is 177 Å². The fraction of sp³-hybridized carbons (Fsp3) is 0.800. The average molecular weight is 433 g/mol. The van der Waals surface area contributed by atoms with Crippen LogP contribution in [0.5, 0.6) is 0 Å². The number of hydrogen-bond acceptors (Lipinski definition) is 6. The van der Waals surface area contributed by atoms with Crippen molar-refractivity contribution in [2.24, 2.45) is 0 Å². The summed E-state index contributed by atoms with van der Waals surface area (Å²) in [6.07, 6.45) is 9.91. The summed E-state index contributed by atoms with van der Waals surface area (Å²) >= 11 is 0. The molecule has 0 radical (unpaired) electrons. The van der Waals surface area contributed by atoms with E-state index >= 15 is 0 Å². The van der Waals surface area contributed by atoms with Gasteiger partial charge in [-0.05, 0) is 25.9 Å². The summed E-state index contributed by atoms with van der Waals surface area (Å²) in [6.45, 7) is -0.0700. The Morgan fingerprint density at radius 2 is 0.600 bits per heavy atom. The van der Waals surface area contributed by atoms with Gasteiger partial charge in [0.15, 0.2) is 0 Å². The number of nitrogens with zero attached hydrogens (tertiary/aromatic N) is 2. The summed E-state index contributed by atoms with van der Waals surface area (Å²) in [6, 6.07) is 0. The number of carboxylic acid groups (broad SMARTS) is 4. The molecule has 0 heterocycles. The molecule has 0 aromatic rings. The first-order valence-corrected chi connectivity index (χ1v) is 10.5. The third-order valence-electron chi connectivity index (χ3n) is 4.63. The van der Waals surface area contributed by atoms with Gasteiger partial charge in [0.2, 0.25) is 0 Å². The number of hydrogen-bond donors (Lipinski definition) is 4. The number of carboxylic acids is 4. The Balaban J connectivity index is 3.62. The van der Waals surface area contributed by atoms with E-state index in [1.807, 2.05) is 0 Å². The fourth-order valence-corrected chi connectivity index (χ4v) is 3.28. The molecule has 0 atom stereocenters. The maximum Gasteiger partial charge on any atom is 0.317 e. The molecule has 4 N–H and O–H groups in total. The number of carbonyl (C=O) groups is 4. The SMILES string of the molecule is O=C(O)CN(CCCCCCCCCCCCN(CC(=O)O)CC(=O)O)CC(=O)O. The highest BCUT2D eigenvalue weighted by atomic mass is 16.4. The first kappa shape index (κ1) is 27.8.